The van der Waals surface area contributed by atoms with Gasteiger partial charge in [-0.05, 0) is 19.1 Å². The molecule has 0 saturated heterocycles. The van der Waals surface area contributed by atoms with Crippen molar-refractivity contribution in [3.63, 3.8) is 0 Å². The molecule has 0 saturated carbocycles. The van der Waals surface area contributed by atoms with E-state index in [0.717, 1.165) is 0 Å². The van der Waals surface area contributed by atoms with Crippen LogP contribution in [0.5, 0.6) is 5.75 Å². The zero-order chi connectivity index (χ0) is 15.6. The summed E-state index contributed by atoms with van der Waals surface area (Å²) < 4.78 is 0. The van der Waals surface area contributed by atoms with Gasteiger partial charge in [-0.3, -0.25) is 4.79 Å². The summed E-state index contributed by atoms with van der Waals surface area (Å²) in [6.45, 7) is 1.83. The van der Waals surface area contributed by atoms with Crippen molar-refractivity contribution >= 4 is 23.2 Å². The Morgan fingerprint density at radius 1 is 1.43 bits per heavy atom. The maximum absolute atomic E-state index is 12.5. The second-order valence-corrected chi connectivity index (χ2v) is 5.13. The number of hydrogen-bond donors (Lipinski definition) is 2. The number of nitrogen functional groups attached to an aromatic ring is 1. The number of hydrogen-bond acceptors (Lipinski definition) is 4. The van der Waals surface area contributed by atoms with E-state index in [4.69, 9.17) is 17.3 Å². The molecule has 0 fully saturated rings. The third kappa shape index (κ3) is 3.08. The Morgan fingerprint density at radius 2 is 2.10 bits per heavy atom. The topological polar surface area (TPSA) is 79.5 Å². The Kier molecular flexibility index (Phi) is 4.33. The highest BCUT2D eigenvalue weighted by molar-refractivity contribution is 6.29. The Labute approximate surface area is 128 Å². The van der Waals surface area contributed by atoms with Gasteiger partial charge in [-0.1, -0.05) is 29.8 Å². The van der Waals surface area contributed by atoms with Gasteiger partial charge in [0.1, 0.15) is 10.9 Å². The van der Waals surface area contributed by atoms with Gasteiger partial charge in [0.15, 0.2) is 0 Å². The summed E-state index contributed by atoms with van der Waals surface area (Å²) in [5, 5.41) is 10.1. The summed E-state index contributed by atoms with van der Waals surface area (Å²) in [5.41, 5.74) is 6.99. The standard InChI is InChI=1S/C15H16ClN3O2/c1-9(10-5-3-4-6-13(10)20)19(2)15(21)11-7-14(16)18-8-12(11)17/h3-9,20H,17H2,1-2H3. The summed E-state index contributed by atoms with van der Waals surface area (Å²) in [7, 11) is 1.65. The summed E-state index contributed by atoms with van der Waals surface area (Å²) in [5.74, 6) is -0.141. The van der Waals surface area contributed by atoms with Gasteiger partial charge in [-0.25, -0.2) is 4.98 Å². The molecule has 3 N–H and O–H groups in total. The van der Waals surface area contributed by atoms with Crippen LogP contribution in [-0.4, -0.2) is 27.9 Å². The molecule has 0 spiro atoms. The molecule has 5 nitrogen and oxygen atoms in total. The fraction of sp³-hybridized carbons (Fsp3) is 0.200. The molecule has 0 radical (unpaired) electrons. The fourth-order valence-electron chi connectivity index (χ4n) is 2.04. The maximum atomic E-state index is 12.5. The summed E-state index contributed by atoms with van der Waals surface area (Å²) in [6, 6.07) is 8.02. The first kappa shape index (κ1) is 15.1. The predicted molar refractivity (Wildman–Crippen MR) is 82.3 cm³/mol. The molecule has 1 heterocycles. The van der Waals surface area contributed by atoms with Crippen LogP contribution in [0, 0.1) is 0 Å². The average Bonchev–Trinajstić information content (AvgIpc) is 2.48. The number of anilines is 1. The molecule has 0 bridgehead atoms. The number of benzene rings is 1. The normalized spacial score (nSPS) is 12.0. The van der Waals surface area contributed by atoms with Gasteiger partial charge in [0.2, 0.25) is 0 Å². The van der Waals surface area contributed by atoms with Gasteiger partial charge in [-0.2, -0.15) is 0 Å². The van der Waals surface area contributed by atoms with Gasteiger partial charge in [0.25, 0.3) is 5.91 Å². The zero-order valence-electron chi connectivity index (χ0n) is 11.7. The van der Waals surface area contributed by atoms with Crippen LogP contribution in [0.3, 0.4) is 0 Å². The molecular weight excluding hydrogens is 290 g/mol. The molecule has 6 heteroatoms. The van der Waals surface area contributed by atoms with E-state index in [2.05, 4.69) is 4.98 Å². The van der Waals surface area contributed by atoms with Crippen LogP contribution in [0.25, 0.3) is 0 Å². The van der Waals surface area contributed by atoms with E-state index in [1.165, 1.54) is 17.2 Å². The van der Waals surface area contributed by atoms with Gasteiger partial charge >= 0.3 is 0 Å². The van der Waals surface area contributed by atoms with E-state index in [9.17, 15) is 9.90 Å². The Hall–Kier alpha value is -2.27. The largest absolute Gasteiger partial charge is 0.508 e. The minimum Gasteiger partial charge on any atom is -0.508 e. The lowest BCUT2D eigenvalue weighted by Gasteiger charge is -2.26. The number of aromatic nitrogens is 1. The van der Waals surface area contributed by atoms with Crippen LogP contribution < -0.4 is 5.73 Å². The summed E-state index contributed by atoms with van der Waals surface area (Å²) in [6.07, 6.45) is 1.36. The molecule has 0 aliphatic carbocycles. The first-order valence-corrected chi connectivity index (χ1v) is 6.75. The number of phenols is 1. The number of para-hydroxylation sites is 1. The number of nitrogens with two attached hydrogens (primary N) is 1. The Morgan fingerprint density at radius 3 is 2.76 bits per heavy atom. The molecule has 0 aliphatic heterocycles. The molecule has 1 atom stereocenters. The predicted octanol–water partition coefficient (Wildman–Crippen LogP) is 2.86. The highest BCUT2D eigenvalue weighted by atomic mass is 35.5. The number of aromatic hydroxyl groups is 1. The lowest BCUT2D eigenvalue weighted by atomic mass is 10.1. The van der Waals surface area contributed by atoms with E-state index in [1.807, 2.05) is 13.0 Å². The van der Waals surface area contributed by atoms with Crippen LogP contribution in [0.1, 0.15) is 28.9 Å². The Bertz CT molecular complexity index is 676. The van der Waals surface area contributed by atoms with Gasteiger partial charge in [-0.15, -0.1) is 0 Å². The lowest BCUT2D eigenvalue weighted by Crippen LogP contribution is -2.30. The van der Waals surface area contributed by atoms with E-state index in [-0.39, 0.29) is 28.5 Å². The van der Waals surface area contributed by atoms with Crippen molar-refractivity contribution in [1.82, 2.24) is 9.88 Å². The monoisotopic (exact) mass is 305 g/mol. The Balaban J connectivity index is 2.31. The molecule has 2 rings (SSSR count). The minimum absolute atomic E-state index is 0.144. The van der Waals surface area contributed by atoms with Crippen LogP contribution in [0.4, 0.5) is 5.69 Å². The van der Waals surface area contributed by atoms with E-state index in [0.29, 0.717) is 11.1 Å². The highest BCUT2D eigenvalue weighted by Gasteiger charge is 2.22. The van der Waals surface area contributed by atoms with Crippen molar-refractivity contribution in [3.05, 3.63) is 52.8 Å². The molecule has 0 aliphatic rings. The number of rotatable bonds is 3. The molecule has 1 aromatic heterocycles. The lowest BCUT2D eigenvalue weighted by molar-refractivity contribution is 0.0742. The third-order valence-corrected chi connectivity index (χ3v) is 3.63. The van der Waals surface area contributed by atoms with E-state index >= 15 is 0 Å². The second kappa shape index (κ2) is 6.01. The van der Waals surface area contributed by atoms with Crippen molar-refractivity contribution in [3.8, 4) is 5.75 Å². The van der Waals surface area contributed by atoms with Gasteiger partial charge < -0.3 is 15.7 Å². The average molecular weight is 306 g/mol. The van der Waals surface area contributed by atoms with Crippen LogP contribution in [-0.2, 0) is 0 Å². The number of amides is 1. The molecule has 110 valence electrons. The molecule has 1 amide bonds. The van der Waals surface area contributed by atoms with Crippen molar-refractivity contribution in [2.45, 2.75) is 13.0 Å². The van der Waals surface area contributed by atoms with Crippen molar-refractivity contribution in [1.29, 1.82) is 0 Å². The van der Waals surface area contributed by atoms with Gasteiger partial charge in [0, 0.05) is 12.6 Å². The highest BCUT2D eigenvalue weighted by Crippen LogP contribution is 2.29. The van der Waals surface area contributed by atoms with E-state index in [1.54, 1.807) is 25.2 Å². The first-order chi connectivity index (χ1) is 9.91. The molecule has 1 unspecified atom stereocenters. The summed E-state index contributed by atoms with van der Waals surface area (Å²) >= 11 is 5.81. The zero-order valence-corrected chi connectivity index (χ0v) is 12.5. The SMILES string of the molecule is CC(c1ccccc1O)N(C)C(=O)c1cc(Cl)ncc1N. The molecule has 1 aromatic carbocycles. The third-order valence-electron chi connectivity index (χ3n) is 3.42. The number of carbonyl (C=O) groups excluding carboxylic acids is 1. The van der Waals surface area contributed by atoms with Crippen molar-refractivity contribution in [2.24, 2.45) is 0 Å². The minimum atomic E-state index is -0.315. The van der Waals surface area contributed by atoms with Crippen molar-refractivity contribution in [2.75, 3.05) is 12.8 Å². The first-order valence-electron chi connectivity index (χ1n) is 6.38. The second-order valence-electron chi connectivity index (χ2n) is 4.75. The number of pyridine rings is 1. The number of nitrogens with zero attached hydrogens (tertiary/aromatic N) is 2. The molecular formula is C15H16ClN3O2. The fourth-order valence-corrected chi connectivity index (χ4v) is 2.20. The van der Waals surface area contributed by atoms with Crippen molar-refractivity contribution < 1.29 is 9.90 Å². The van der Waals surface area contributed by atoms with Gasteiger partial charge in [0.05, 0.1) is 23.5 Å². The van der Waals surface area contributed by atoms with Crippen LogP contribution >= 0.6 is 11.6 Å². The number of phenolic OH excluding ortho intramolecular Hbond substituents is 1. The molecule has 21 heavy (non-hydrogen) atoms. The smallest absolute Gasteiger partial charge is 0.256 e. The van der Waals surface area contributed by atoms with Crippen LogP contribution in [0.15, 0.2) is 36.5 Å². The molecule has 2 aromatic rings. The van der Waals surface area contributed by atoms with Crippen LogP contribution in [0.2, 0.25) is 5.15 Å². The maximum Gasteiger partial charge on any atom is 0.256 e. The number of halogens is 1. The quantitative estimate of drug-likeness (QED) is 0.855. The van der Waals surface area contributed by atoms with E-state index < -0.39 is 0 Å². The summed E-state index contributed by atoms with van der Waals surface area (Å²) in [4.78, 5) is 17.8. The number of carbonyl (C=O) groups is 1.